The van der Waals surface area contributed by atoms with Gasteiger partial charge >= 0.3 is 0 Å². The maximum atomic E-state index is 13.3. The Morgan fingerprint density at radius 1 is 1.04 bits per heavy atom. The lowest BCUT2D eigenvalue weighted by atomic mass is 9.77. The van der Waals surface area contributed by atoms with E-state index in [1.54, 1.807) is 14.2 Å². The van der Waals surface area contributed by atoms with Gasteiger partial charge in [0.2, 0.25) is 5.91 Å². The number of nitrogens with one attached hydrogen (secondary N) is 1. The molecule has 4 heteroatoms. The van der Waals surface area contributed by atoms with Crippen molar-refractivity contribution in [3.05, 3.63) is 59.7 Å². The smallest absolute Gasteiger partial charge is 0.231 e. The van der Waals surface area contributed by atoms with E-state index < -0.39 is 5.41 Å². The topological polar surface area (TPSA) is 47.6 Å². The van der Waals surface area contributed by atoms with Crippen molar-refractivity contribution in [1.29, 1.82) is 0 Å². The maximum Gasteiger partial charge on any atom is 0.231 e. The third-order valence-electron chi connectivity index (χ3n) is 5.47. The number of rotatable bonds is 6. The van der Waals surface area contributed by atoms with Crippen LogP contribution in [-0.2, 0) is 10.2 Å². The molecule has 1 atom stereocenters. The van der Waals surface area contributed by atoms with E-state index in [2.05, 4.69) is 17.4 Å². The molecule has 1 amide bonds. The molecule has 2 aromatic carbocycles. The molecule has 26 heavy (non-hydrogen) atoms. The molecule has 1 aliphatic rings. The fourth-order valence-corrected chi connectivity index (χ4v) is 3.97. The quantitative estimate of drug-likeness (QED) is 0.838. The van der Waals surface area contributed by atoms with E-state index in [0.717, 1.165) is 48.3 Å². The molecule has 1 saturated carbocycles. The second kappa shape index (κ2) is 7.81. The van der Waals surface area contributed by atoms with E-state index in [-0.39, 0.29) is 11.9 Å². The van der Waals surface area contributed by atoms with Gasteiger partial charge in [0, 0.05) is 5.56 Å². The van der Waals surface area contributed by atoms with Crippen LogP contribution in [0.1, 0.15) is 49.8 Å². The molecular formula is C22H27NO3. The summed E-state index contributed by atoms with van der Waals surface area (Å²) in [7, 11) is 3.28. The van der Waals surface area contributed by atoms with Gasteiger partial charge in [0.1, 0.15) is 11.5 Å². The van der Waals surface area contributed by atoms with Crippen molar-refractivity contribution in [1.82, 2.24) is 5.32 Å². The van der Waals surface area contributed by atoms with Gasteiger partial charge in [-0.05, 0) is 43.5 Å². The monoisotopic (exact) mass is 353 g/mol. The van der Waals surface area contributed by atoms with Crippen LogP contribution >= 0.6 is 0 Å². The first-order chi connectivity index (χ1) is 12.6. The maximum absolute atomic E-state index is 13.3. The number of hydrogen-bond donors (Lipinski definition) is 1. The zero-order valence-corrected chi connectivity index (χ0v) is 15.7. The molecule has 0 unspecified atom stereocenters. The van der Waals surface area contributed by atoms with Gasteiger partial charge in [0.15, 0.2) is 0 Å². The van der Waals surface area contributed by atoms with Crippen molar-refractivity contribution in [2.24, 2.45) is 0 Å². The first-order valence-corrected chi connectivity index (χ1v) is 9.19. The van der Waals surface area contributed by atoms with Crippen LogP contribution in [0.3, 0.4) is 0 Å². The molecule has 1 fully saturated rings. The van der Waals surface area contributed by atoms with Crippen LogP contribution in [0.4, 0.5) is 0 Å². The van der Waals surface area contributed by atoms with Crippen LogP contribution < -0.4 is 14.8 Å². The predicted molar refractivity (Wildman–Crippen MR) is 103 cm³/mol. The molecule has 0 radical (unpaired) electrons. The highest BCUT2D eigenvalue weighted by molar-refractivity contribution is 5.89. The fourth-order valence-electron chi connectivity index (χ4n) is 3.97. The molecule has 1 aliphatic carbocycles. The Balaban J connectivity index is 1.87. The minimum atomic E-state index is -0.429. The number of carbonyl (C=O) groups excluding carboxylic acids is 1. The predicted octanol–water partition coefficient (Wildman–Crippen LogP) is 4.39. The normalized spacial score (nSPS) is 16.7. The van der Waals surface area contributed by atoms with E-state index in [4.69, 9.17) is 9.47 Å². The van der Waals surface area contributed by atoms with Gasteiger partial charge in [-0.2, -0.15) is 0 Å². The zero-order chi connectivity index (χ0) is 18.6. The summed E-state index contributed by atoms with van der Waals surface area (Å²) in [6.45, 7) is 1.99. The summed E-state index contributed by atoms with van der Waals surface area (Å²) in [5.74, 6) is 1.60. The average molecular weight is 353 g/mol. The van der Waals surface area contributed by atoms with E-state index in [1.807, 2.05) is 43.3 Å². The van der Waals surface area contributed by atoms with Crippen molar-refractivity contribution in [2.45, 2.75) is 44.1 Å². The lowest BCUT2D eigenvalue weighted by molar-refractivity contribution is -0.127. The highest BCUT2D eigenvalue weighted by Crippen LogP contribution is 2.42. The summed E-state index contributed by atoms with van der Waals surface area (Å²) < 4.78 is 10.8. The summed E-state index contributed by atoms with van der Waals surface area (Å²) in [4.78, 5) is 13.3. The summed E-state index contributed by atoms with van der Waals surface area (Å²) in [5, 5.41) is 3.23. The SMILES string of the molecule is COc1ccc(OC)c([C@@H](C)NC(=O)C2(c3ccccc3)CCCC2)c1. The fraction of sp³-hybridized carbons (Fsp3) is 0.409. The molecule has 4 nitrogen and oxygen atoms in total. The van der Waals surface area contributed by atoms with Gasteiger partial charge < -0.3 is 14.8 Å². The third-order valence-corrected chi connectivity index (χ3v) is 5.47. The van der Waals surface area contributed by atoms with Crippen LogP contribution in [0.25, 0.3) is 0 Å². The van der Waals surface area contributed by atoms with E-state index in [9.17, 15) is 4.79 Å². The Morgan fingerprint density at radius 3 is 2.35 bits per heavy atom. The third kappa shape index (κ3) is 3.41. The Bertz CT molecular complexity index is 751. The van der Waals surface area contributed by atoms with Crippen LogP contribution in [0.15, 0.2) is 48.5 Å². The molecule has 3 rings (SSSR count). The van der Waals surface area contributed by atoms with E-state index >= 15 is 0 Å². The number of carbonyl (C=O) groups is 1. The highest BCUT2D eigenvalue weighted by Gasteiger charge is 2.43. The summed E-state index contributed by atoms with van der Waals surface area (Å²) in [6, 6.07) is 15.6. The van der Waals surface area contributed by atoms with Gasteiger partial charge in [0.25, 0.3) is 0 Å². The van der Waals surface area contributed by atoms with Gasteiger partial charge in [-0.3, -0.25) is 4.79 Å². The summed E-state index contributed by atoms with van der Waals surface area (Å²) in [6.07, 6.45) is 3.95. The van der Waals surface area contributed by atoms with Gasteiger partial charge in [0.05, 0.1) is 25.7 Å². The molecule has 0 aliphatic heterocycles. The molecule has 0 bridgehead atoms. The van der Waals surface area contributed by atoms with Crippen LogP contribution in [0, 0.1) is 0 Å². The molecule has 0 heterocycles. The van der Waals surface area contributed by atoms with Crippen LogP contribution in [-0.4, -0.2) is 20.1 Å². The van der Waals surface area contributed by atoms with E-state index in [0.29, 0.717) is 0 Å². The molecule has 0 saturated heterocycles. The first-order valence-electron chi connectivity index (χ1n) is 9.19. The molecule has 1 N–H and O–H groups in total. The van der Waals surface area contributed by atoms with Gasteiger partial charge in [-0.25, -0.2) is 0 Å². The van der Waals surface area contributed by atoms with Crippen molar-refractivity contribution in [3.63, 3.8) is 0 Å². The second-order valence-electron chi connectivity index (χ2n) is 6.96. The number of ether oxygens (including phenoxy) is 2. The lowest BCUT2D eigenvalue weighted by Crippen LogP contribution is -2.43. The first kappa shape index (κ1) is 18.3. The van der Waals surface area contributed by atoms with Crippen molar-refractivity contribution >= 4 is 5.91 Å². The minimum absolute atomic E-state index is 0.0959. The molecule has 138 valence electrons. The van der Waals surface area contributed by atoms with E-state index in [1.165, 1.54) is 0 Å². The zero-order valence-electron chi connectivity index (χ0n) is 15.7. The summed E-state index contributed by atoms with van der Waals surface area (Å²) >= 11 is 0. The standard InChI is InChI=1S/C22H27NO3/c1-16(19-15-18(25-2)11-12-20(19)26-3)23-21(24)22(13-7-8-14-22)17-9-5-4-6-10-17/h4-6,9-12,15-16H,7-8,13-14H2,1-3H3,(H,23,24)/t16-/m1/s1. The van der Waals surface area contributed by atoms with Crippen molar-refractivity contribution in [2.75, 3.05) is 14.2 Å². The van der Waals surface area contributed by atoms with Crippen LogP contribution in [0.5, 0.6) is 11.5 Å². The van der Waals surface area contributed by atoms with Gasteiger partial charge in [-0.15, -0.1) is 0 Å². The number of amides is 1. The minimum Gasteiger partial charge on any atom is -0.497 e. The highest BCUT2D eigenvalue weighted by atomic mass is 16.5. The van der Waals surface area contributed by atoms with Gasteiger partial charge in [-0.1, -0.05) is 43.2 Å². The molecular weight excluding hydrogens is 326 g/mol. The Labute approximate surface area is 155 Å². The molecule has 2 aromatic rings. The van der Waals surface area contributed by atoms with Crippen LogP contribution in [0.2, 0.25) is 0 Å². The lowest BCUT2D eigenvalue weighted by Gasteiger charge is -2.30. The van der Waals surface area contributed by atoms with Crippen molar-refractivity contribution < 1.29 is 14.3 Å². The Kier molecular flexibility index (Phi) is 5.50. The Morgan fingerprint density at radius 2 is 1.73 bits per heavy atom. The summed E-state index contributed by atoms with van der Waals surface area (Å²) in [5.41, 5.74) is 1.60. The number of methoxy groups -OCH3 is 2. The molecule has 0 spiro atoms. The molecule has 0 aromatic heterocycles. The Hall–Kier alpha value is -2.49. The largest absolute Gasteiger partial charge is 0.497 e. The number of hydrogen-bond acceptors (Lipinski definition) is 3. The van der Waals surface area contributed by atoms with Crippen molar-refractivity contribution in [3.8, 4) is 11.5 Å². The number of benzene rings is 2. The average Bonchev–Trinajstić information content (AvgIpc) is 3.19. The second-order valence-corrected chi connectivity index (χ2v) is 6.96.